The van der Waals surface area contributed by atoms with Gasteiger partial charge in [-0.3, -0.25) is 14.5 Å². The highest BCUT2D eigenvalue weighted by Crippen LogP contribution is 2.37. The summed E-state index contributed by atoms with van der Waals surface area (Å²) in [5, 5.41) is 3.11. The molecule has 2 saturated heterocycles. The lowest BCUT2D eigenvalue weighted by molar-refractivity contribution is -0.0581. The van der Waals surface area contributed by atoms with E-state index in [0.717, 1.165) is 32.0 Å². The molecule has 6 nitrogen and oxygen atoms in total. The molecule has 1 N–H and O–H groups in total. The van der Waals surface area contributed by atoms with Crippen molar-refractivity contribution in [1.29, 1.82) is 0 Å². The number of rotatable bonds is 3. The van der Waals surface area contributed by atoms with Gasteiger partial charge in [-0.25, -0.2) is 0 Å². The quantitative estimate of drug-likeness (QED) is 0.875. The van der Waals surface area contributed by atoms with Crippen LogP contribution in [-0.4, -0.2) is 53.3 Å². The molecular formula is C17H23N3O3. The maximum Gasteiger partial charge on any atom is 0.253 e. The number of hydrogen-bond donors (Lipinski definition) is 1. The van der Waals surface area contributed by atoms with E-state index < -0.39 is 0 Å². The van der Waals surface area contributed by atoms with Crippen molar-refractivity contribution in [1.82, 2.24) is 14.8 Å². The van der Waals surface area contributed by atoms with Gasteiger partial charge in [0.1, 0.15) is 0 Å². The van der Waals surface area contributed by atoms with Crippen molar-refractivity contribution in [2.45, 2.75) is 37.5 Å². The van der Waals surface area contributed by atoms with Gasteiger partial charge in [0.25, 0.3) is 5.91 Å². The van der Waals surface area contributed by atoms with Crippen LogP contribution in [0.5, 0.6) is 0 Å². The average molecular weight is 317 g/mol. The van der Waals surface area contributed by atoms with Crippen LogP contribution in [0.2, 0.25) is 0 Å². The average Bonchev–Trinajstić information content (AvgIpc) is 3.30. The first-order valence-corrected chi connectivity index (χ1v) is 8.43. The highest BCUT2D eigenvalue weighted by molar-refractivity contribution is 5.94. The normalized spacial score (nSPS) is 30.9. The van der Waals surface area contributed by atoms with E-state index in [-0.39, 0.29) is 17.5 Å². The molecule has 0 aromatic carbocycles. The van der Waals surface area contributed by atoms with Gasteiger partial charge in [-0.1, -0.05) is 0 Å². The molecule has 0 unspecified atom stereocenters. The largest absolute Gasteiger partial charge is 0.375 e. The summed E-state index contributed by atoms with van der Waals surface area (Å²) < 4.78 is 7.42. The summed E-state index contributed by atoms with van der Waals surface area (Å²) in [7, 11) is 1.66. The summed E-state index contributed by atoms with van der Waals surface area (Å²) in [6.07, 6.45) is 5.53. The number of amides is 1. The zero-order valence-corrected chi connectivity index (χ0v) is 13.4. The molecule has 1 aliphatic carbocycles. The van der Waals surface area contributed by atoms with Crippen LogP contribution < -0.4 is 10.9 Å². The third-order valence-electron chi connectivity index (χ3n) is 5.28. The molecule has 1 amide bonds. The Morgan fingerprint density at radius 3 is 2.87 bits per heavy atom. The lowest BCUT2D eigenvalue weighted by Gasteiger charge is -2.35. The highest BCUT2D eigenvalue weighted by Gasteiger charge is 2.42. The van der Waals surface area contributed by atoms with Crippen LogP contribution in [-0.2, 0) is 11.8 Å². The molecule has 1 aromatic heterocycles. The van der Waals surface area contributed by atoms with E-state index in [2.05, 4.69) is 10.2 Å². The third-order valence-corrected chi connectivity index (χ3v) is 5.28. The Labute approximate surface area is 135 Å². The number of pyridine rings is 1. The van der Waals surface area contributed by atoms with Gasteiger partial charge in [0, 0.05) is 44.5 Å². The van der Waals surface area contributed by atoms with Gasteiger partial charge < -0.3 is 14.6 Å². The number of hydrogen-bond acceptors (Lipinski definition) is 4. The van der Waals surface area contributed by atoms with Crippen LogP contribution in [0.3, 0.4) is 0 Å². The molecule has 1 aromatic rings. The Hall–Kier alpha value is -1.66. The van der Waals surface area contributed by atoms with Crippen molar-refractivity contribution in [2.75, 3.05) is 19.7 Å². The van der Waals surface area contributed by atoms with E-state index in [1.807, 2.05) is 0 Å². The molecule has 124 valence electrons. The molecular weight excluding hydrogens is 294 g/mol. The van der Waals surface area contributed by atoms with E-state index in [1.54, 1.807) is 19.3 Å². The lowest BCUT2D eigenvalue weighted by Crippen LogP contribution is -2.47. The van der Waals surface area contributed by atoms with E-state index in [0.29, 0.717) is 17.7 Å². The number of carbonyl (C=O) groups is 1. The van der Waals surface area contributed by atoms with Crippen LogP contribution in [0.15, 0.2) is 23.1 Å². The molecule has 3 atom stereocenters. The minimum absolute atomic E-state index is 0.106. The summed E-state index contributed by atoms with van der Waals surface area (Å²) >= 11 is 0. The zero-order chi connectivity index (χ0) is 16.0. The first-order chi connectivity index (χ1) is 11.1. The minimum atomic E-state index is -0.109. The molecule has 3 heterocycles. The van der Waals surface area contributed by atoms with Crippen molar-refractivity contribution in [3.63, 3.8) is 0 Å². The van der Waals surface area contributed by atoms with E-state index in [4.69, 9.17) is 4.74 Å². The lowest BCUT2D eigenvalue weighted by atomic mass is 10.1. The summed E-state index contributed by atoms with van der Waals surface area (Å²) in [5.74, 6) is 0.653. The van der Waals surface area contributed by atoms with E-state index in [1.165, 1.54) is 23.5 Å². The van der Waals surface area contributed by atoms with E-state index >= 15 is 0 Å². The van der Waals surface area contributed by atoms with Crippen molar-refractivity contribution in [2.24, 2.45) is 13.0 Å². The number of aryl methyl sites for hydroxylation is 1. The maximum atomic E-state index is 12.4. The molecule has 0 radical (unpaired) electrons. The smallest absolute Gasteiger partial charge is 0.253 e. The van der Waals surface area contributed by atoms with Crippen LogP contribution in [0.4, 0.5) is 0 Å². The van der Waals surface area contributed by atoms with Gasteiger partial charge in [-0.2, -0.15) is 0 Å². The highest BCUT2D eigenvalue weighted by atomic mass is 16.5. The Kier molecular flexibility index (Phi) is 3.73. The van der Waals surface area contributed by atoms with Gasteiger partial charge >= 0.3 is 0 Å². The minimum Gasteiger partial charge on any atom is -0.375 e. The summed E-state index contributed by atoms with van der Waals surface area (Å²) in [6, 6.07) is 3.61. The monoisotopic (exact) mass is 317 g/mol. The molecule has 1 saturated carbocycles. The second-order valence-electron chi connectivity index (χ2n) is 7.09. The van der Waals surface area contributed by atoms with Gasteiger partial charge in [-0.15, -0.1) is 0 Å². The first-order valence-electron chi connectivity index (χ1n) is 8.43. The van der Waals surface area contributed by atoms with Crippen molar-refractivity contribution in [3.05, 3.63) is 34.2 Å². The first kappa shape index (κ1) is 14.9. The predicted octanol–water partition coefficient (Wildman–Crippen LogP) is 0.367. The summed E-state index contributed by atoms with van der Waals surface area (Å²) in [5.41, 5.74) is 0.423. The molecule has 0 spiro atoms. The fraction of sp³-hybridized carbons (Fsp3) is 0.647. The molecule has 0 bridgehead atoms. The predicted molar refractivity (Wildman–Crippen MR) is 85.4 cm³/mol. The second-order valence-corrected chi connectivity index (χ2v) is 7.09. The molecule has 2 aliphatic heterocycles. The molecule has 6 heteroatoms. The van der Waals surface area contributed by atoms with Gasteiger partial charge in [0.2, 0.25) is 5.56 Å². The van der Waals surface area contributed by atoms with Crippen molar-refractivity contribution < 1.29 is 9.53 Å². The maximum absolute atomic E-state index is 12.4. The van der Waals surface area contributed by atoms with Gasteiger partial charge in [0.05, 0.1) is 18.3 Å². The van der Waals surface area contributed by atoms with Gasteiger partial charge in [-0.05, 0) is 31.2 Å². The standard InChI is InChI=1S/C17H23N3O3/c1-19-7-12(4-5-16(19)21)17(22)18-13-6-14-10-23-15(11-2-3-11)9-20(14)8-13/h4-5,7,11,13-15H,2-3,6,8-10H2,1H3,(H,18,22)/t13-,14-,15+/m0/s1. The number of fused-ring (bicyclic) bond motifs is 1. The molecule has 23 heavy (non-hydrogen) atoms. The third kappa shape index (κ3) is 3.05. The fourth-order valence-corrected chi connectivity index (χ4v) is 3.75. The molecule has 4 rings (SSSR count). The zero-order valence-electron chi connectivity index (χ0n) is 13.4. The van der Waals surface area contributed by atoms with Crippen molar-refractivity contribution in [3.8, 4) is 0 Å². The number of nitrogens with zero attached hydrogens (tertiary/aromatic N) is 2. The molecule has 3 aliphatic rings. The Morgan fingerprint density at radius 1 is 1.30 bits per heavy atom. The number of aromatic nitrogens is 1. The molecule has 3 fully saturated rings. The Bertz CT molecular complexity index is 667. The number of nitrogens with one attached hydrogen (secondary N) is 1. The number of ether oxygens (including phenoxy) is 1. The van der Waals surface area contributed by atoms with Crippen LogP contribution in [0.1, 0.15) is 29.6 Å². The fourth-order valence-electron chi connectivity index (χ4n) is 3.75. The van der Waals surface area contributed by atoms with E-state index in [9.17, 15) is 9.59 Å². The SMILES string of the molecule is Cn1cc(C(=O)N[C@H]2C[C@H]3CO[C@@H](C4CC4)CN3C2)ccc1=O. The van der Waals surface area contributed by atoms with Crippen LogP contribution in [0.25, 0.3) is 0 Å². The van der Waals surface area contributed by atoms with Crippen LogP contribution in [0, 0.1) is 5.92 Å². The Balaban J connectivity index is 1.37. The number of carbonyl (C=O) groups excluding carboxylic acids is 1. The second kappa shape index (κ2) is 5.76. The van der Waals surface area contributed by atoms with Crippen LogP contribution >= 0.6 is 0 Å². The summed E-state index contributed by atoms with van der Waals surface area (Å²) in [6.45, 7) is 2.68. The topological polar surface area (TPSA) is 63.6 Å². The Morgan fingerprint density at radius 2 is 2.13 bits per heavy atom. The number of morpholine rings is 1. The summed E-state index contributed by atoms with van der Waals surface area (Å²) in [4.78, 5) is 26.3. The van der Waals surface area contributed by atoms with Gasteiger partial charge in [0.15, 0.2) is 0 Å². The van der Waals surface area contributed by atoms with Crippen molar-refractivity contribution >= 4 is 5.91 Å².